The number of fused-ring (bicyclic) bond motifs is 5. The Kier molecular flexibility index (Phi) is 13.3. The van der Waals surface area contributed by atoms with Gasteiger partial charge in [0, 0.05) is 44.6 Å². The smallest absolute Gasteiger partial charge is 0.222 e. The van der Waals surface area contributed by atoms with Crippen LogP contribution in [0.25, 0.3) is 0 Å². The quantitative estimate of drug-likeness (QED) is 0.133. The Morgan fingerprint density at radius 3 is 2.30 bits per heavy atom. The second kappa shape index (κ2) is 16.4. The van der Waals surface area contributed by atoms with Gasteiger partial charge in [0.15, 0.2) is 0 Å². The molecule has 1 amide bonds. The van der Waals surface area contributed by atoms with E-state index in [2.05, 4.69) is 49.6 Å². The third kappa shape index (κ3) is 8.00. The molecule has 0 heterocycles. The number of nitrogens with one attached hydrogen (secondary N) is 3. The highest BCUT2D eigenvalue weighted by molar-refractivity contribution is 5.76. The number of carbonyl (C=O) groups is 1. The number of hydrogen-bond donors (Lipinski definition) is 4. The van der Waals surface area contributed by atoms with Crippen molar-refractivity contribution >= 4 is 5.91 Å². The van der Waals surface area contributed by atoms with Crippen molar-refractivity contribution in [3.63, 3.8) is 0 Å². The minimum absolute atomic E-state index is 0.243. The van der Waals surface area contributed by atoms with Crippen LogP contribution >= 0.6 is 0 Å². The average Bonchev–Trinajstić information content (AvgIpc) is 3.36. The van der Waals surface area contributed by atoms with Gasteiger partial charge in [0.05, 0.1) is 0 Å². The molecule has 9 atom stereocenters. The van der Waals surface area contributed by atoms with E-state index in [-0.39, 0.29) is 11.8 Å². The fourth-order valence-corrected chi connectivity index (χ4v) is 10.7. The molecule has 4 unspecified atom stereocenters. The van der Waals surface area contributed by atoms with Gasteiger partial charge < -0.3 is 26.6 Å². The molecule has 4 rings (SSSR count). The van der Waals surface area contributed by atoms with Gasteiger partial charge in [-0.1, -0.05) is 13.8 Å². The van der Waals surface area contributed by atoms with Crippen molar-refractivity contribution in [1.29, 1.82) is 0 Å². The summed E-state index contributed by atoms with van der Waals surface area (Å²) in [6, 6.07) is 0.702. The van der Waals surface area contributed by atoms with Crippen LogP contribution < -0.4 is 21.7 Å². The Balaban J connectivity index is 1.24. The molecule has 6 nitrogen and oxygen atoms in total. The van der Waals surface area contributed by atoms with E-state index >= 15 is 0 Å². The highest BCUT2D eigenvalue weighted by atomic mass is 16.2. The van der Waals surface area contributed by atoms with Crippen molar-refractivity contribution < 1.29 is 4.79 Å². The van der Waals surface area contributed by atoms with Gasteiger partial charge >= 0.3 is 0 Å². The molecule has 4 fully saturated rings. The summed E-state index contributed by atoms with van der Waals surface area (Å²) in [4.78, 5) is 14.7. The molecule has 0 aliphatic heterocycles. The Morgan fingerprint density at radius 2 is 1.60 bits per heavy atom. The number of hydrogen-bond acceptors (Lipinski definition) is 5. The van der Waals surface area contributed by atoms with Crippen molar-refractivity contribution in [3.05, 3.63) is 0 Å². The summed E-state index contributed by atoms with van der Waals surface area (Å²) >= 11 is 0. The molecule has 5 N–H and O–H groups in total. The van der Waals surface area contributed by atoms with Crippen molar-refractivity contribution in [1.82, 2.24) is 20.9 Å². The summed E-state index contributed by atoms with van der Waals surface area (Å²) in [6.45, 7) is 17.1. The lowest BCUT2D eigenvalue weighted by Crippen LogP contribution is -2.55. The van der Waals surface area contributed by atoms with Gasteiger partial charge in [-0.2, -0.15) is 0 Å². The molecule has 6 heteroatoms. The molecule has 0 bridgehead atoms. The van der Waals surface area contributed by atoms with Crippen LogP contribution in [0.15, 0.2) is 0 Å². The van der Waals surface area contributed by atoms with E-state index in [1.54, 1.807) is 0 Å². The molecule has 0 radical (unpaired) electrons. The average molecular weight is 598 g/mol. The summed E-state index contributed by atoms with van der Waals surface area (Å²) in [5, 5.41) is 11.0. The molecule has 0 aromatic rings. The van der Waals surface area contributed by atoms with Crippen molar-refractivity contribution in [2.45, 2.75) is 117 Å². The first-order chi connectivity index (χ1) is 20.8. The molecule has 0 aromatic carbocycles. The number of nitrogens with zero attached hydrogens (tertiary/aromatic N) is 1. The minimum Gasteiger partial charge on any atom is -0.343 e. The van der Waals surface area contributed by atoms with Gasteiger partial charge in [0.2, 0.25) is 5.91 Å². The Labute approximate surface area is 265 Å². The lowest BCUT2D eigenvalue weighted by molar-refractivity contribution is -0.131. The summed E-state index contributed by atoms with van der Waals surface area (Å²) in [7, 11) is 0. The van der Waals surface area contributed by atoms with E-state index in [0.717, 1.165) is 88.9 Å². The molecule has 246 valence electrons. The zero-order valence-electron chi connectivity index (χ0n) is 28.4. The molecule has 4 aliphatic carbocycles. The van der Waals surface area contributed by atoms with Crippen LogP contribution in [0, 0.1) is 58.7 Å². The van der Waals surface area contributed by atoms with Gasteiger partial charge in [-0.05, 0) is 157 Å². The number of rotatable bonds is 17. The molecule has 4 aliphatic rings. The van der Waals surface area contributed by atoms with Gasteiger partial charge in [0.25, 0.3) is 0 Å². The summed E-state index contributed by atoms with van der Waals surface area (Å²) in [5.74, 6) is 7.79. The number of terminal acetylenes is 1. The van der Waals surface area contributed by atoms with E-state index in [1.807, 2.05) is 4.90 Å². The second-order valence-corrected chi connectivity index (χ2v) is 15.2. The maximum absolute atomic E-state index is 12.8. The number of nitrogens with two attached hydrogens (primary N) is 1. The highest BCUT2D eigenvalue weighted by Gasteiger charge is 2.60. The van der Waals surface area contributed by atoms with Crippen LogP contribution in [0.3, 0.4) is 0 Å². The SMILES string of the molecule is C#C[C@H](CCC(=O)N(CC)CC)[C@H]1CCC2C3CCC4C[C@@H](NCCCNCCNCCCN)CC[C@]4(C)C3CC[C@@]21C. The molecule has 0 saturated heterocycles. The third-order valence-electron chi connectivity index (χ3n) is 13.2. The number of amides is 1. The monoisotopic (exact) mass is 598 g/mol. The normalized spacial score (nSPS) is 35.8. The maximum Gasteiger partial charge on any atom is 0.222 e. The van der Waals surface area contributed by atoms with Gasteiger partial charge in [-0.15, -0.1) is 12.3 Å². The van der Waals surface area contributed by atoms with Crippen LogP contribution in [0.4, 0.5) is 0 Å². The molecule has 0 aromatic heterocycles. The van der Waals surface area contributed by atoms with Crippen LogP contribution in [0.5, 0.6) is 0 Å². The Hall–Kier alpha value is -1.13. The zero-order chi connectivity index (χ0) is 30.9. The molecule has 0 spiro atoms. The van der Waals surface area contributed by atoms with Crippen molar-refractivity contribution in [2.24, 2.45) is 52.1 Å². The maximum atomic E-state index is 12.8. The highest BCUT2D eigenvalue weighted by Crippen LogP contribution is 2.68. The standard InChI is InChI=1S/C37H67N5O/c1-6-28(11-16-35(43)42(7-2)8-3)32-14-15-33-31-13-12-29-27-30(41-24-10-23-40-26-25-39-22-9-21-38)17-19-36(29,4)34(31)18-20-37(32,33)5/h1,28-34,39-41H,7-27,38H2,2-5H3/t28-,29?,30+,31?,32-,33?,34?,36+,37-/m1/s1. The summed E-state index contributed by atoms with van der Waals surface area (Å²) in [5.41, 5.74) is 6.42. The van der Waals surface area contributed by atoms with E-state index < -0.39 is 0 Å². The first-order valence-corrected chi connectivity index (χ1v) is 18.4. The fourth-order valence-electron chi connectivity index (χ4n) is 10.7. The molecular formula is C37H67N5O. The first-order valence-electron chi connectivity index (χ1n) is 18.4. The van der Waals surface area contributed by atoms with E-state index in [1.165, 1.54) is 64.2 Å². The third-order valence-corrected chi connectivity index (χ3v) is 13.2. The molecular weight excluding hydrogens is 530 g/mol. The van der Waals surface area contributed by atoms with Crippen LogP contribution in [0.2, 0.25) is 0 Å². The molecule has 43 heavy (non-hydrogen) atoms. The zero-order valence-corrected chi connectivity index (χ0v) is 28.4. The second-order valence-electron chi connectivity index (χ2n) is 15.2. The summed E-state index contributed by atoms with van der Waals surface area (Å²) in [6.07, 6.45) is 22.3. The van der Waals surface area contributed by atoms with E-state index in [0.29, 0.717) is 29.2 Å². The molecule has 4 saturated carbocycles. The Morgan fingerprint density at radius 1 is 0.907 bits per heavy atom. The lowest BCUT2D eigenvalue weighted by Gasteiger charge is -2.61. The topological polar surface area (TPSA) is 82.4 Å². The van der Waals surface area contributed by atoms with Crippen LogP contribution in [-0.4, -0.2) is 69.2 Å². The van der Waals surface area contributed by atoms with Gasteiger partial charge in [-0.3, -0.25) is 4.79 Å². The first kappa shape index (κ1) is 34.7. The Bertz CT molecular complexity index is 900. The van der Waals surface area contributed by atoms with Gasteiger partial charge in [-0.25, -0.2) is 0 Å². The van der Waals surface area contributed by atoms with Crippen molar-refractivity contribution in [2.75, 3.05) is 52.4 Å². The largest absolute Gasteiger partial charge is 0.343 e. The lowest BCUT2D eigenvalue weighted by atomic mass is 9.44. The van der Waals surface area contributed by atoms with E-state index in [9.17, 15) is 4.79 Å². The predicted molar refractivity (Wildman–Crippen MR) is 181 cm³/mol. The van der Waals surface area contributed by atoms with Crippen LogP contribution in [0.1, 0.15) is 111 Å². The fraction of sp³-hybridized carbons (Fsp3) is 0.919. The van der Waals surface area contributed by atoms with Gasteiger partial charge in [0.1, 0.15) is 0 Å². The predicted octanol–water partition coefficient (Wildman–Crippen LogP) is 5.42. The van der Waals surface area contributed by atoms with Crippen LogP contribution in [-0.2, 0) is 4.79 Å². The summed E-state index contributed by atoms with van der Waals surface area (Å²) < 4.78 is 0. The van der Waals surface area contributed by atoms with E-state index in [4.69, 9.17) is 12.2 Å². The number of carbonyl (C=O) groups excluding carboxylic acids is 1. The minimum atomic E-state index is 0.243. The van der Waals surface area contributed by atoms with Crippen molar-refractivity contribution in [3.8, 4) is 12.3 Å².